The molecule has 0 radical (unpaired) electrons. The van der Waals surface area contributed by atoms with Gasteiger partial charge >= 0.3 is 0 Å². The molecule has 0 saturated heterocycles. The summed E-state index contributed by atoms with van der Waals surface area (Å²) in [6.45, 7) is 9.00. The highest BCUT2D eigenvalue weighted by atomic mass is 14.7. The largest absolute Gasteiger partial charge is 0.354 e. The fourth-order valence-electron chi connectivity index (χ4n) is 2.91. The number of aromatic nitrogens is 1. The van der Waals surface area contributed by atoms with Gasteiger partial charge in [0.15, 0.2) is 0 Å². The van der Waals surface area contributed by atoms with Gasteiger partial charge in [-0.05, 0) is 35.6 Å². The molecule has 20 heavy (non-hydrogen) atoms. The minimum atomic E-state index is 0.108. The monoisotopic (exact) mass is 263 g/mol. The zero-order valence-corrected chi connectivity index (χ0v) is 12.6. The molecule has 0 aliphatic rings. The van der Waals surface area contributed by atoms with Crippen LogP contribution in [0.3, 0.4) is 0 Å². The Labute approximate surface area is 120 Å². The fraction of sp³-hybridized carbons (Fsp3) is 0.263. The van der Waals surface area contributed by atoms with Crippen molar-refractivity contribution in [2.75, 3.05) is 0 Å². The van der Waals surface area contributed by atoms with Gasteiger partial charge in [0.1, 0.15) is 0 Å². The average molecular weight is 263 g/mol. The summed E-state index contributed by atoms with van der Waals surface area (Å²) < 4.78 is 0. The van der Waals surface area contributed by atoms with E-state index in [0.29, 0.717) is 0 Å². The first-order valence-corrected chi connectivity index (χ1v) is 7.15. The summed E-state index contributed by atoms with van der Waals surface area (Å²) in [7, 11) is 0. The lowest BCUT2D eigenvalue weighted by atomic mass is 9.83. The third kappa shape index (κ3) is 2.14. The van der Waals surface area contributed by atoms with E-state index in [1.807, 2.05) is 0 Å². The molecule has 0 spiro atoms. The number of fused-ring (bicyclic) bond motifs is 1. The van der Waals surface area contributed by atoms with E-state index in [9.17, 15) is 0 Å². The number of hydrogen-bond acceptors (Lipinski definition) is 0. The van der Waals surface area contributed by atoms with E-state index in [4.69, 9.17) is 0 Å². The summed E-state index contributed by atoms with van der Waals surface area (Å²) in [5.41, 5.74) is 6.55. The molecule has 3 rings (SSSR count). The minimum Gasteiger partial charge on any atom is -0.354 e. The van der Waals surface area contributed by atoms with Gasteiger partial charge in [0, 0.05) is 10.9 Å². The molecule has 0 saturated carbocycles. The predicted octanol–water partition coefficient (Wildman–Crippen LogP) is 5.44. The van der Waals surface area contributed by atoms with Crippen molar-refractivity contribution in [2.24, 2.45) is 0 Å². The van der Waals surface area contributed by atoms with Crippen LogP contribution >= 0.6 is 0 Å². The van der Waals surface area contributed by atoms with Crippen molar-refractivity contribution >= 4 is 10.9 Å². The van der Waals surface area contributed by atoms with Gasteiger partial charge in [-0.2, -0.15) is 0 Å². The molecule has 1 heterocycles. The van der Waals surface area contributed by atoms with Gasteiger partial charge in [0.25, 0.3) is 0 Å². The lowest BCUT2D eigenvalue weighted by Gasteiger charge is -2.20. The fourth-order valence-corrected chi connectivity index (χ4v) is 2.91. The van der Waals surface area contributed by atoms with Gasteiger partial charge in [0.2, 0.25) is 0 Å². The Morgan fingerprint density at radius 1 is 0.900 bits per heavy atom. The third-order valence-electron chi connectivity index (χ3n) is 3.77. The molecule has 0 unspecified atom stereocenters. The van der Waals surface area contributed by atoms with Crippen molar-refractivity contribution in [1.29, 1.82) is 0 Å². The van der Waals surface area contributed by atoms with E-state index < -0.39 is 0 Å². The number of aromatic amines is 1. The first kappa shape index (κ1) is 13.0. The van der Waals surface area contributed by atoms with Crippen LogP contribution in [0.1, 0.15) is 31.9 Å². The van der Waals surface area contributed by atoms with E-state index in [0.717, 1.165) is 0 Å². The van der Waals surface area contributed by atoms with Gasteiger partial charge in [0.05, 0.1) is 5.69 Å². The van der Waals surface area contributed by atoms with Crippen molar-refractivity contribution in [3.8, 4) is 11.3 Å². The number of benzene rings is 2. The maximum atomic E-state index is 3.61. The van der Waals surface area contributed by atoms with Crippen LogP contribution in [0, 0.1) is 6.92 Å². The zero-order valence-electron chi connectivity index (χ0n) is 12.6. The lowest BCUT2D eigenvalue weighted by molar-refractivity contribution is 0.597. The van der Waals surface area contributed by atoms with Crippen molar-refractivity contribution in [3.05, 3.63) is 59.7 Å². The Balaban J connectivity index is 2.37. The summed E-state index contributed by atoms with van der Waals surface area (Å²) in [5, 5.41) is 1.34. The second-order valence-electron chi connectivity index (χ2n) is 6.54. The maximum absolute atomic E-state index is 3.61. The van der Waals surface area contributed by atoms with Crippen molar-refractivity contribution in [3.63, 3.8) is 0 Å². The highest BCUT2D eigenvalue weighted by Gasteiger charge is 2.23. The molecule has 0 aliphatic heterocycles. The number of nitrogens with one attached hydrogen (secondary N) is 1. The summed E-state index contributed by atoms with van der Waals surface area (Å²) in [4.78, 5) is 3.61. The number of hydrogen-bond donors (Lipinski definition) is 1. The van der Waals surface area contributed by atoms with E-state index in [-0.39, 0.29) is 5.41 Å². The Hall–Kier alpha value is -2.02. The molecule has 0 atom stereocenters. The summed E-state index contributed by atoms with van der Waals surface area (Å²) >= 11 is 0. The molecule has 0 aliphatic carbocycles. The van der Waals surface area contributed by atoms with Gasteiger partial charge in [-0.15, -0.1) is 0 Å². The molecule has 1 aromatic heterocycles. The van der Waals surface area contributed by atoms with Crippen LogP contribution in [-0.4, -0.2) is 4.98 Å². The van der Waals surface area contributed by atoms with Crippen LogP contribution in [0.25, 0.3) is 22.2 Å². The van der Waals surface area contributed by atoms with Gasteiger partial charge in [-0.25, -0.2) is 0 Å². The first-order chi connectivity index (χ1) is 9.47. The minimum absolute atomic E-state index is 0.108. The topological polar surface area (TPSA) is 15.8 Å². The summed E-state index contributed by atoms with van der Waals surface area (Å²) in [6, 6.07) is 17.2. The Morgan fingerprint density at radius 2 is 1.60 bits per heavy atom. The standard InChI is InChI=1S/C19H21N/c1-13-10-11-16-15(12-13)17(19(2,3)4)18(20-16)14-8-6-5-7-9-14/h5-12,20H,1-4H3. The van der Waals surface area contributed by atoms with Gasteiger partial charge in [-0.3, -0.25) is 0 Å². The molecule has 1 nitrogen and oxygen atoms in total. The van der Waals surface area contributed by atoms with Gasteiger partial charge in [-0.1, -0.05) is 62.7 Å². The second kappa shape index (κ2) is 4.52. The normalized spacial score (nSPS) is 12.0. The van der Waals surface area contributed by atoms with Crippen LogP contribution in [-0.2, 0) is 5.41 Å². The van der Waals surface area contributed by atoms with Crippen LogP contribution < -0.4 is 0 Å². The molecule has 1 N–H and O–H groups in total. The number of H-pyrrole nitrogens is 1. The smallest absolute Gasteiger partial charge is 0.0502 e. The SMILES string of the molecule is Cc1ccc2[nH]c(-c3ccccc3)c(C(C)(C)C)c2c1. The predicted molar refractivity (Wildman–Crippen MR) is 87.2 cm³/mol. The molecule has 0 bridgehead atoms. The molecular weight excluding hydrogens is 242 g/mol. The molecule has 1 heteroatoms. The second-order valence-corrected chi connectivity index (χ2v) is 6.54. The zero-order chi connectivity index (χ0) is 14.3. The Kier molecular flexibility index (Phi) is 2.93. The maximum Gasteiger partial charge on any atom is 0.0502 e. The Morgan fingerprint density at radius 3 is 2.25 bits per heavy atom. The van der Waals surface area contributed by atoms with E-state index in [2.05, 4.69) is 81.2 Å². The van der Waals surface area contributed by atoms with Crippen molar-refractivity contribution in [2.45, 2.75) is 33.1 Å². The Bertz CT molecular complexity index is 743. The summed E-state index contributed by atoms with van der Waals surface area (Å²) in [5.74, 6) is 0. The highest BCUT2D eigenvalue weighted by Crippen LogP contribution is 2.38. The van der Waals surface area contributed by atoms with Crippen LogP contribution in [0.5, 0.6) is 0 Å². The molecule has 3 aromatic rings. The van der Waals surface area contributed by atoms with Crippen LogP contribution in [0.15, 0.2) is 48.5 Å². The van der Waals surface area contributed by atoms with Crippen LogP contribution in [0.2, 0.25) is 0 Å². The van der Waals surface area contributed by atoms with E-state index >= 15 is 0 Å². The van der Waals surface area contributed by atoms with E-state index in [1.165, 1.54) is 33.3 Å². The lowest BCUT2D eigenvalue weighted by Crippen LogP contribution is -2.11. The molecule has 0 amide bonds. The van der Waals surface area contributed by atoms with Crippen LogP contribution in [0.4, 0.5) is 0 Å². The summed E-state index contributed by atoms with van der Waals surface area (Å²) in [6.07, 6.45) is 0. The van der Waals surface area contributed by atoms with Crippen molar-refractivity contribution < 1.29 is 0 Å². The van der Waals surface area contributed by atoms with Gasteiger partial charge < -0.3 is 4.98 Å². The number of rotatable bonds is 1. The number of aryl methyl sites for hydroxylation is 1. The van der Waals surface area contributed by atoms with Crippen molar-refractivity contribution in [1.82, 2.24) is 4.98 Å². The quantitative estimate of drug-likeness (QED) is 0.601. The average Bonchev–Trinajstić information content (AvgIpc) is 2.78. The highest BCUT2D eigenvalue weighted by molar-refractivity contribution is 5.92. The molecule has 2 aromatic carbocycles. The first-order valence-electron chi connectivity index (χ1n) is 7.15. The molecular formula is C19H21N. The van der Waals surface area contributed by atoms with E-state index in [1.54, 1.807) is 0 Å². The molecule has 0 fully saturated rings. The molecule has 102 valence electrons. The third-order valence-corrected chi connectivity index (χ3v) is 3.77.